The van der Waals surface area contributed by atoms with Crippen molar-refractivity contribution in [2.45, 2.75) is 263 Å². The summed E-state index contributed by atoms with van der Waals surface area (Å²) in [6.45, 7) is -38.3. The molecule has 9 unspecified atom stereocenters. The first kappa shape index (κ1) is 49.5. The molecule has 4 aliphatic rings. The molecule has 12 heteroatoms. The molecule has 20 aromatic rings. The van der Waals surface area contributed by atoms with Gasteiger partial charge < -0.3 is 17.7 Å². The van der Waals surface area contributed by atoms with Crippen molar-refractivity contribution in [3.05, 3.63) is 331 Å². The first-order valence-electron chi connectivity index (χ1n) is 80.3. The second-order valence-electron chi connectivity index (χ2n) is 38.9. The first-order valence-corrected chi connectivity index (χ1v) is 47.8. The molecular formula is C136H148N8O4+4. The molecule has 0 fully saturated rings. The topological polar surface area (TPSA) is 120 Å². The molecule has 148 heavy (non-hydrogen) atoms. The largest absolute Gasteiger partial charge is 0.437 e. The van der Waals surface area contributed by atoms with Gasteiger partial charge in [-0.15, -0.1) is 0 Å². The van der Waals surface area contributed by atoms with Gasteiger partial charge in [0.05, 0.1) is 45.0 Å². The standard InChI is InChI=1S/C37H43N2O.C35H39N2O.C33H35N2O.C31H31N2O/c1-21(2)18-37(19-22(3)4)31-13-11-10-12-26(31)28-17-29-27-15-14-24(7)33(34(27)40-36(29)38-35(28)37)32-16-25(8)30(23(5)6)20-39(32)9;1-19(2)28-18-37(9)30(16-23(28)8)31-22(7)14-15-25-27-17-26-24-12-10-11-13-29(24)35(20(3)4,21(5)6)33(26)36-34(27)38-32(25)31;1-8-33(9-2)27-13-11-10-12-22(27)24-17-25-23-15-14-20(5)29(30(23)36-32(25)34-31(24)33)28-16-21(6)26(19(3)4)18-35(28)7;1-17(2)24-16-33(7)26(14-19(24)4)27-18(3)12-13-21-23-15-22-20-10-8-9-11-25(20)31(5,6)29(22)32-30(23)34-28(21)27/h10-17,20-23H,18-19H2,1-9H3;10-21H,1-9H3;10-19H,8-9H2,1-7H3;8-17H,1-7H3/q4*+1/i1D3,3D3,5D3,8D3,18D2,19D2,21D,22D,23D;1D3,3D3,4D3,5D3,8D3,19D,20D,21D;1D3,2D3,3D3,6D3,8D2,19D;1D3,4D3,5D3,6D3,17D. The van der Waals surface area contributed by atoms with Gasteiger partial charge in [0.1, 0.15) is 28.2 Å². The fraction of sp³-hybridized carbons (Fsp3) is 0.353. The first-order chi connectivity index (χ1) is 96.2. The number of pyridine rings is 8. The van der Waals surface area contributed by atoms with E-state index in [4.69, 9.17) is 113 Å². The molecule has 0 amide bonds. The maximum absolute atomic E-state index is 9.66. The van der Waals surface area contributed by atoms with Crippen molar-refractivity contribution in [2.75, 3.05) is 0 Å². The molecule has 0 N–H and O–H groups in total. The highest BCUT2D eigenvalue weighted by atomic mass is 16.4. The van der Waals surface area contributed by atoms with Gasteiger partial charge in [0.15, 0.2) is 47.1 Å². The van der Waals surface area contributed by atoms with E-state index in [9.17, 15) is 8.22 Å². The third-order valence-corrected chi connectivity index (χ3v) is 29.3. The van der Waals surface area contributed by atoms with Crippen LogP contribution >= 0.6 is 0 Å². The Morgan fingerprint density at radius 1 is 0.311 bits per heavy atom. The quantitative estimate of drug-likeness (QED) is 0.0878. The molecule has 0 bridgehead atoms. The lowest BCUT2D eigenvalue weighted by molar-refractivity contribution is -0.661. The number of rotatable bonds is 16. The van der Waals surface area contributed by atoms with Crippen LogP contribution in [0.4, 0.5) is 0 Å². The number of hydrogen-bond acceptors (Lipinski definition) is 8. The molecule has 8 aromatic carbocycles. The lowest BCUT2D eigenvalue weighted by atomic mass is 9.64. The van der Waals surface area contributed by atoms with Crippen LogP contribution in [0.25, 0.3) is 178 Å². The van der Waals surface area contributed by atoms with E-state index in [0.717, 1.165) is 48.5 Å². The normalized spacial score (nSPS) is 27.2. The lowest BCUT2D eigenvalue weighted by Gasteiger charge is -2.39. The Morgan fingerprint density at radius 2 is 0.622 bits per heavy atom. The molecule has 0 radical (unpaired) electrons. The fourth-order valence-corrected chi connectivity index (χ4v) is 22.3. The monoisotopic (exact) mass is 2020 g/mol. The fourth-order valence-electron chi connectivity index (χ4n) is 22.3. The molecule has 0 saturated carbocycles. The Kier molecular flexibility index (Phi) is 12.4. The van der Waals surface area contributed by atoms with E-state index in [1.165, 1.54) is 123 Å². The minimum Gasteiger partial charge on any atom is -0.437 e. The number of hydrogen-bond donors (Lipinski definition) is 0. The summed E-state index contributed by atoms with van der Waals surface area (Å²) in [5.74, 6) is -22.0. The van der Waals surface area contributed by atoms with Crippen molar-refractivity contribution in [3.63, 3.8) is 0 Å². The van der Waals surface area contributed by atoms with E-state index >= 15 is 0 Å². The van der Waals surface area contributed by atoms with Gasteiger partial charge in [-0.1, -0.05) is 283 Å². The number of nitrogens with zero attached hydrogens (tertiary/aromatic N) is 8. The van der Waals surface area contributed by atoms with Crippen LogP contribution < -0.4 is 18.3 Å². The van der Waals surface area contributed by atoms with Crippen LogP contribution in [-0.2, 0) is 49.9 Å². The summed E-state index contributed by atoms with van der Waals surface area (Å²) in [5, 5.41) is 3.53. The van der Waals surface area contributed by atoms with Gasteiger partial charge in [0, 0.05) is 223 Å². The number of aryl methyl sites for hydroxylation is 12. The van der Waals surface area contributed by atoms with Crippen LogP contribution in [0.1, 0.15) is 388 Å². The third kappa shape index (κ3) is 15.6. The summed E-state index contributed by atoms with van der Waals surface area (Å²) in [7, 11) is 6.32. The van der Waals surface area contributed by atoms with Crippen LogP contribution in [0.2, 0.25) is 0 Å². The van der Waals surface area contributed by atoms with E-state index in [-0.39, 0.29) is 151 Å². The van der Waals surface area contributed by atoms with Gasteiger partial charge in [-0.25, -0.2) is 38.2 Å². The van der Waals surface area contributed by atoms with Crippen LogP contribution in [0.3, 0.4) is 0 Å². The molecule has 24 rings (SSSR count). The molecule has 752 valence electrons. The average Bonchev–Trinajstić information content (AvgIpc) is 1.49. The van der Waals surface area contributed by atoms with Crippen LogP contribution in [-0.4, -0.2) is 19.9 Å². The Labute approximate surface area is 966 Å². The summed E-state index contributed by atoms with van der Waals surface area (Å²) >= 11 is 0. The summed E-state index contributed by atoms with van der Waals surface area (Å²) in [6.07, 6.45) is -5.75. The number of benzene rings is 8. The molecule has 12 nitrogen and oxygen atoms in total. The molecule has 4 aliphatic carbocycles. The van der Waals surface area contributed by atoms with Crippen molar-refractivity contribution in [2.24, 2.45) is 51.8 Å². The highest BCUT2D eigenvalue weighted by Gasteiger charge is 2.52. The van der Waals surface area contributed by atoms with Crippen LogP contribution in [0, 0.1) is 78.7 Å². The SMILES string of the molecule is [2H]C([2H])([2H])CC1(C([2H])([2H])C([2H])([2H])[2H])c2ccccc2-c2cc3c(nc21)oc1c(-c2cc(C([2H])([2H])[2H])c(C([2H])(C)C([2H])([2H])[2H])c[n+]2C)c(C)ccc13.[2H]C([2H])([2H])c1cc(-c2c(C)ccc3c2oc2nc4c(cc23)-c2ccccc2C4(C([2H])(C)C([2H])([2H])[2H])C([2H])(C([2H])([2H])[2H])C([2H])([2H])[2H])[n+](C)cc1C([2H])(C)C([2H])([2H])[2H].[2H]C([2H])([2H])c1cc(-c2c(C)ccc3c2oc2nc4c(cc23)-c2ccccc2C4(C([2H])([2H])C([2H])(C)C([2H])([2H])[2H])C([2H])([2H])C([2H])(C)C([2H])([2H])[2H])[n+](C)cc1C([2H])(C)C([2H])([2H])[2H].[2H]C([2H])([2H])c1cc(-c2c(C)ccc3c2oc2nc4c(cc23)-c2ccccc2C4(C([2H])([2H])[2H])C([2H])([2H])[2H])[n+](C)cc1C([2H])(C)C([2H])([2H])[2H]. The number of furan rings is 4. The highest BCUT2D eigenvalue weighted by molar-refractivity contribution is 6.15. The summed E-state index contributed by atoms with van der Waals surface area (Å²) in [4.78, 5) is 18.8. The summed E-state index contributed by atoms with van der Waals surface area (Å²) in [5.41, 5.74) is -6.22. The predicted octanol–water partition coefficient (Wildman–Crippen LogP) is 34.2. The van der Waals surface area contributed by atoms with Crippen molar-refractivity contribution < 1.29 is 125 Å². The third-order valence-electron chi connectivity index (χ3n) is 29.3. The number of fused-ring (bicyclic) bond motifs is 24. The predicted molar refractivity (Wildman–Crippen MR) is 612 cm³/mol. The zero-order valence-corrected chi connectivity index (χ0v) is 83.7. The van der Waals surface area contributed by atoms with Gasteiger partial charge in [0.25, 0.3) is 0 Å². The smallest absolute Gasteiger partial charge is 0.227 e. The van der Waals surface area contributed by atoms with E-state index in [2.05, 4.69) is 4.98 Å². The maximum Gasteiger partial charge on any atom is 0.227 e. The molecular weight excluding hydrogens is 1810 g/mol. The molecule has 0 spiro atoms. The van der Waals surface area contributed by atoms with Crippen LogP contribution in [0.15, 0.2) is 237 Å². The zero-order chi connectivity index (χ0) is 160. The van der Waals surface area contributed by atoms with Gasteiger partial charge >= 0.3 is 0 Å². The summed E-state index contributed by atoms with van der Waals surface area (Å²) in [6, 6.07) is 50.4. The van der Waals surface area contributed by atoms with Crippen molar-refractivity contribution in [3.8, 4) is 89.5 Å². The zero-order valence-electron chi connectivity index (χ0n) is 149. The van der Waals surface area contributed by atoms with Gasteiger partial charge in [-0.2, -0.15) is 0 Å². The van der Waals surface area contributed by atoms with E-state index in [0.29, 0.717) is 127 Å². The Morgan fingerprint density at radius 3 is 0.959 bits per heavy atom. The molecule has 12 heterocycles. The average molecular weight is 2020 g/mol. The Hall–Kier alpha value is -13.8. The molecule has 0 aliphatic heterocycles. The van der Waals surface area contributed by atoms with E-state index in [1.54, 1.807) is 164 Å². The van der Waals surface area contributed by atoms with Gasteiger partial charge in [-0.3, -0.25) is 0 Å². The number of aromatic nitrogens is 8. The molecule has 9 atom stereocenters. The Balaban J connectivity index is 0.000000155. The minimum atomic E-state index is -3.70. The second kappa shape index (κ2) is 37.2. The molecule has 0 saturated heterocycles. The summed E-state index contributed by atoms with van der Waals surface area (Å²) < 4.78 is 582. The van der Waals surface area contributed by atoms with Gasteiger partial charge in [0.2, 0.25) is 45.6 Å². The van der Waals surface area contributed by atoms with Crippen molar-refractivity contribution in [1.29, 1.82) is 0 Å². The lowest BCUT2D eigenvalue weighted by Crippen LogP contribution is -2.38. The van der Waals surface area contributed by atoms with Crippen molar-refractivity contribution >= 4 is 88.3 Å². The van der Waals surface area contributed by atoms with Crippen molar-refractivity contribution in [1.82, 2.24) is 19.9 Å². The maximum atomic E-state index is 9.66. The van der Waals surface area contributed by atoms with E-state index in [1.807, 2.05) is 6.07 Å². The second-order valence-corrected chi connectivity index (χ2v) is 38.9. The Bertz CT molecular complexity index is 11800. The van der Waals surface area contributed by atoms with Gasteiger partial charge in [-0.05, 0) is 241 Å². The minimum absolute atomic E-state index is 0.00716. The molecule has 12 aromatic heterocycles. The van der Waals surface area contributed by atoms with E-state index < -0.39 is 222 Å². The highest BCUT2D eigenvalue weighted by Crippen LogP contribution is 2.61. The van der Waals surface area contributed by atoms with Crippen LogP contribution in [0.5, 0.6) is 0 Å².